The molecule has 0 spiro atoms. The van der Waals surface area contributed by atoms with Crippen LogP contribution in [0.4, 0.5) is 0 Å². The molecule has 0 aliphatic rings. The summed E-state index contributed by atoms with van der Waals surface area (Å²) in [6.07, 6.45) is 0.631. The Morgan fingerprint density at radius 2 is 2.00 bits per heavy atom. The number of ether oxygens (including phenoxy) is 3. The van der Waals surface area contributed by atoms with Gasteiger partial charge in [0.25, 0.3) is 0 Å². The Hall–Kier alpha value is -1.02. The highest BCUT2D eigenvalue weighted by molar-refractivity contribution is 5.67. The Kier molecular flexibility index (Phi) is 8.51. The van der Waals surface area contributed by atoms with Crippen molar-refractivity contribution in [3.05, 3.63) is 0 Å². The number of aldehydes is 1. The molecule has 0 bridgehead atoms. The van der Waals surface area contributed by atoms with Crippen LogP contribution in [0.2, 0.25) is 0 Å². The van der Waals surface area contributed by atoms with E-state index >= 15 is 0 Å². The number of carbonyl (C=O) groups excluding carboxylic acids is 1. The number of carboxylic acid groups (broad SMARTS) is 1. The van der Waals surface area contributed by atoms with Gasteiger partial charge < -0.3 is 29.8 Å². The average Bonchev–Trinajstić information content (AvgIpc) is 2.29. The third kappa shape index (κ3) is 7.01. The van der Waals surface area contributed by atoms with E-state index < -0.39 is 18.0 Å². The molecular weight excluding hydrogens is 230 g/mol. The van der Waals surface area contributed by atoms with Gasteiger partial charge in [-0.2, -0.15) is 0 Å². The molecule has 1 atom stereocenters. The van der Waals surface area contributed by atoms with E-state index in [-0.39, 0.29) is 33.0 Å². The monoisotopic (exact) mass is 249 g/mol. The largest absolute Gasteiger partial charge is 0.480 e. The quantitative estimate of drug-likeness (QED) is 0.353. The van der Waals surface area contributed by atoms with Gasteiger partial charge in [-0.15, -0.1) is 0 Å². The predicted molar refractivity (Wildman–Crippen MR) is 58.7 cm³/mol. The van der Waals surface area contributed by atoms with Crippen molar-refractivity contribution in [2.75, 3.05) is 46.7 Å². The van der Waals surface area contributed by atoms with E-state index in [1.807, 2.05) is 0 Å². The van der Waals surface area contributed by atoms with Gasteiger partial charge in [0.15, 0.2) is 0 Å². The number of hydrogen-bond acceptors (Lipinski definition) is 6. The maximum Gasteiger partial charge on any atom is 0.329 e. The molecule has 1 unspecified atom stereocenters. The van der Waals surface area contributed by atoms with Crippen LogP contribution >= 0.6 is 0 Å². The zero-order chi connectivity index (χ0) is 13.1. The van der Waals surface area contributed by atoms with E-state index in [0.717, 1.165) is 0 Å². The first-order chi connectivity index (χ1) is 8.10. The van der Waals surface area contributed by atoms with Crippen LogP contribution < -0.4 is 5.73 Å². The molecule has 0 radical (unpaired) electrons. The van der Waals surface area contributed by atoms with Crippen molar-refractivity contribution in [1.29, 1.82) is 0 Å². The number of carbonyl (C=O) groups is 2. The van der Waals surface area contributed by atoms with Crippen LogP contribution in [0.5, 0.6) is 0 Å². The maximum absolute atomic E-state index is 10.3. The Morgan fingerprint density at radius 3 is 2.47 bits per heavy atom. The average molecular weight is 249 g/mol. The second-order valence-electron chi connectivity index (χ2n) is 3.71. The van der Waals surface area contributed by atoms with E-state index in [2.05, 4.69) is 0 Å². The minimum atomic E-state index is -1.05. The van der Waals surface area contributed by atoms with Crippen molar-refractivity contribution < 1.29 is 28.9 Å². The molecule has 7 heteroatoms. The van der Waals surface area contributed by atoms with Gasteiger partial charge >= 0.3 is 5.97 Å². The summed E-state index contributed by atoms with van der Waals surface area (Å²) in [5.74, 6) is -1.05. The maximum atomic E-state index is 10.3. The van der Waals surface area contributed by atoms with Crippen molar-refractivity contribution in [2.45, 2.75) is 0 Å². The first kappa shape index (κ1) is 16.0. The van der Waals surface area contributed by atoms with E-state index in [4.69, 9.17) is 25.1 Å². The normalized spacial score (nSPS) is 14.2. The number of aliphatic carboxylic acids is 1. The molecule has 0 saturated carbocycles. The number of nitrogens with two attached hydrogens (primary N) is 1. The molecule has 0 saturated heterocycles. The first-order valence-corrected chi connectivity index (χ1v) is 5.10. The lowest BCUT2D eigenvalue weighted by atomic mass is 9.91. The van der Waals surface area contributed by atoms with Crippen LogP contribution in [-0.2, 0) is 23.8 Å². The molecule has 7 nitrogen and oxygen atoms in total. The zero-order valence-corrected chi connectivity index (χ0v) is 9.89. The summed E-state index contributed by atoms with van der Waals surface area (Å²) in [6.45, 7) is 0.309. The van der Waals surface area contributed by atoms with Crippen molar-refractivity contribution in [3.63, 3.8) is 0 Å². The van der Waals surface area contributed by atoms with E-state index in [9.17, 15) is 9.59 Å². The summed E-state index contributed by atoms with van der Waals surface area (Å²) < 4.78 is 15.1. The van der Waals surface area contributed by atoms with Crippen molar-refractivity contribution in [1.82, 2.24) is 0 Å². The highest BCUT2D eigenvalue weighted by Crippen LogP contribution is 2.17. The standard InChI is InChI=1S/C10H19NO6/c1-15-6-10(5-11,7-16-3-2-12)8-17-4-9(13)14/h2H,3-8,11H2,1H3,(H,13,14). The fourth-order valence-electron chi connectivity index (χ4n) is 1.29. The third-order valence-electron chi connectivity index (χ3n) is 2.11. The van der Waals surface area contributed by atoms with Crippen molar-refractivity contribution >= 4 is 12.3 Å². The Balaban J connectivity index is 4.24. The first-order valence-electron chi connectivity index (χ1n) is 5.10. The highest BCUT2D eigenvalue weighted by atomic mass is 16.5. The van der Waals surface area contributed by atoms with Crippen LogP contribution in [0.15, 0.2) is 0 Å². The Bertz CT molecular complexity index is 235. The van der Waals surface area contributed by atoms with Gasteiger partial charge in [0.05, 0.1) is 25.2 Å². The molecule has 3 N–H and O–H groups in total. The van der Waals surface area contributed by atoms with E-state index in [1.54, 1.807) is 0 Å². The Labute approximate surface area is 99.8 Å². The molecule has 0 heterocycles. The number of methoxy groups -OCH3 is 1. The molecule has 0 aliphatic carbocycles. The second-order valence-corrected chi connectivity index (χ2v) is 3.71. The fraction of sp³-hybridized carbons (Fsp3) is 0.800. The number of carboxylic acids is 1. The summed E-state index contributed by atoms with van der Waals surface area (Å²) in [6, 6.07) is 0. The van der Waals surface area contributed by atoms with E-state index in [0.29, 0.717) is 6.29 Å². The van der Waals surface area contributed by atoms with Crippen molar-refractivity contribution in [2.24, 2.45) is 11.1 Å². The highest BCUT2D eigenvalue weighted by Gasteiger charge is 2.30. The SMILES string of the molecule is COCC(CN)(COCC=O)COCC(=O)O. The van der Waals surface area contributed by atoms with Gasteiger partial charge in [-0.1, -0.05) is 0 Å². The molecular formula is C10H19NO6. The third-order valence-corrected chi connectivity index (χ3v) is 2.11. The minimum Gasteiger partial charge on any atom is -0.480 e. The zero-order valence-electron chi connectivity index (χ0n) is 9.89. The van der Waals surface area contributed by atoms with Gasteiger partial charge in [0, 0.05) is 13.7 Å². The van der Waals surface area contributed by atoms with Crippen LogP contribution in [-0.4, -0.2) is 64.1 Å². The lowest BCUT2D eigenvalue weighted by molar-refractivity contribution is -0.145. The van der Waals surface area contributed by atoms with Crippen molar-refractivity contribution in [3.8, 4) is 0 Å². The summed E-state index contributed by atoms with van der Waals surface area (Å²) in [5.41, 5.74) is 4.99. The molecule has 0 fully saturated rings. The molecule has 0 aliphatic heterocycles. The summed E-state index contributed by atoms with van der Waals surface area (Å²) in [7, 11) is 1.50. The van der Waals surface area contributed by atoms with Gasteiger partial charge in [-0.05, 0) is 0 Å². The topological polar surface area (TPSA) is 108 Å². The summed E-state index contributed by atoms with van der Waals surface area (Å²) >= 11 is 0. The molecule has 100 valence electrons. The van der Waals surface area contributed by atoms with Crippen LogP contribution in [0.25, 0.3) is 0 Å². The Morgan fingerprint density at radius 1 is 1.35 bits per heavy atom. The lowest BCUT2D eigenvalue weighted by Crippen LogP contribution is -2.44. The summed E-state index contributed by atoms with van der Waals surface area (Å²) in [5, 5.41) is 8.46. The molecule has 0 aromatic heterocycles. The van der Waals surface area contributed by atoms with Gasteiger partial charge in [0.1, 0.15) is 19.5 Å². The summed E-state index contributed by atoms with van der Waals surface area (Å²) in [4.78, 5) is 20.5. The van der Waals surface area contributed by atoms with E-state index in [1.165, 1.54) is 7.11 Å². The van der Waals surface area contributed by atoms with Crippen LogP contribution in [0.1, 0.15) is 0 Å². The minimum absolute atomic E-state index is 0.0373. The smallest absolute Gasteiger partial charge is 0.329 e. The number of hydrogen-bond donors (Lipinski definition) is 2. The van der Waals surface area contributed by atoms with Gasteiger partial charge in [-0.3, -0.25) is 0 Å². The van der Waals surface area contributed by atoms with Gasteiger partial charge in [-0.25, -0.2) is 4.79 Å². The molecule has 0 amide bonds. The lowest BCUT2D eigenvalue weighted by Gasteiger charge is -2.30. The fourth-order valence-corrected chi connectivity index (χ4v) is 1.29. The predicted octanol–water partition coefficient (Wildman–Crippen LogP) is -1.11. The molecule has 17 heavy (non-hydrogen) atoms. The molecule has 0 aromatic rings. The number of rotatable bonds is 11. The van der Waals surface area contributed by atoms with Crippen LogP contribution in [0, 0.1) is 5.41 Å². The van der Waals surface area contributed by atoms with Gasteiger partial charge in [0.2, 0.25) is 0 Å². The van der Waals surface area contributed by atoms with Crippen LogP contribution in [0.3, 0.4) is 0 Å². The second kappa shape index (κ2) is 9.06. The molecule has 0 aromatic carbocycles. The molecule has 0 rings (SSSR count).